The third kappa shape index (κ3) is 4.13. The quantitative estimate of drug-likeness (QED) is 0.308. The first-order chi connectivity index (χ1) is 17.7. The molecule has 0 saturated heterocycles. The van der Waals surface area contributed by atoms with Crippen LogP contribution in [0.25, 0.3) is 22.8 Å². The van der Waals surface area contributed by atoms with E-state index < -0.39 is 29.2 Å². The number of nitrogens with zero attached hydrogens (tertiary/aromatic N) is 7. The zero-order valence-corrected chi connectivity index (χ0v) is 20.3. The van der Waals surface area contributed by atoms with E-state index in [2.05, 4.69) is 30.5 Å². The SMILES string of the molecule is CN=C(C=CN)Nc1ncc(C)c(-c2cc3n(c2)C[C@H](C)n2c-3nnc2C(F)(F)c2ccccc2F)n1. The van der Waals surface area contributed by atoms with Gasteiger partial charge in [0.05, 0.1) is 23.0 Å². The minimum Gasteiger partial charge on any atom is -0.404 e. The molecule has 1 aliphatic heterocycles. The van der Waals surface area contributed by atoms with Crippen molar-refractivity contribution in [3.8, 4) is 22.8 Å². The maximum absolute atomic E-state index is 15.5. The van der Waals surface area contributed by atoms with Crippen LogP contribution in [0.5, 0.6) is 0 Å². The van der Waals surface area contributed by atoms with Crippen LogP contribution in [0.1, 0.15) is 29.9 Å². The molecule has 190 valence electrons. The Morgan fingerprint density at radius 2 is 2.05 bits per heavy atom. The molecule has 1 aliphatic rings. The number of nitrogens with one attached hydrogen (secondary N) is 1. The van der Waals surface area contributed by atoms with Gasteiger partial charge in [-0.3, -0.25) is 9.56 Å². The van der Waals surface area contributed by atoms with Crippen LogP contribution >= 0.6 is 0 Å². The van der Waals surface area contributed by atoms with Crippen molar-refractivity contribution in [2.45, 2.75) is 32.4 Å². The van der Waals surface area contributed by atoms with E-state index in [0.29, 0.717) is 29.7 Å². The molecule has 4 aromatic rings. The Morgan fingerprint density at radius 3 is 2.78 bits per heavy atom. The minimum atomic E-state index is -3.66. The van der Waals surface area contributed by atoms with Crippen molar-refractivity contribution in [3.63, 3.8) is 0 Å². The highest BCUT2D eigenvalue weighted by Crippen LogP contribution is 2.41. The molecule has 0 amide bonds. The monoisotopic (exact) mass is 507 g/mol. The Labute approximate surface area is 210 Å². The number of hydrogen-bond acceptors (Lipinski definition) is 6. The molecule has 4 heterocycles. The Hall–Kier alpha value is -4.48. The normalized spacial score (nSPS) is 15.6. The third-order valence-electron chi connectivity index (χ3n) is 6.20. The van der Waals surface area contributed by atoms with Gasteiger partial charge in [-0.25, -0.2) is 14.4 Å². The van der Waals surface area contributed by atoms with E-state index in [1.807, 2.05) is 23.8 Å². The van der Waals surface area contributed by atoms with Crippen LogP contribution in [0.15, 0.2) is 60.0 Å². The first kappa shape index (κ1) is 24.2. The summed E-state index contributed by atoms with van der Waals surface area (Å²) in [4.78, 5) is 13.0. The molecule has 0 saturated carbocycles. The van der Waals surface area contributed by atoms with Crippen molar-refractivity contribution in [2.24, 2.45) is 10.7 Å². The lowest BCUT2D eigenvalue weighted by Gasteiger charge is -2.27. The summed E-state index contributed by atoms with van der Waals surface area (Å²) in [5.74, 6) is -4.18. The van der Waals surface area contributed by atoms with Gasteiger partial charge in [0.1, 0.15) is 11.7 Å². The van der Waals surface area contributed by atoms with Gasteiger partial charge >= 0.3 is 5.92 Å². The summed E-state index contributed by atoms with van der Waals surface area (Å²) < 4.78 is 48.5. The summed E-state index contributed by atoms with van der Waals surface area (Å²) in [7, 11) is 1.61. The van der Waals surface area contributed by atoms with Crippen molar-refractivity contribution in [1.82, 2.24) is 29.3 Å². The maximum Gasteiger partial charge on any atom is 0.334 e. The van der Waals surface area contributed by atoms with Gasteiger partial charge in [-0.15, -0.1) is 10.2 Å². The maximum atomic E-state index is 15.5. The van der Waals surface area contributed by atoms with Crippen molar-refractivity contribution >= 4 is 11.8 Å². The summed E-state index contributed by atoms with van der Waals surface area (Å²) in [6.07, 6.45) is 6.52. The third-order valence-corrected chi connectivity index (χ3v) is 6.20. The number of fused-ring (bicyclic) bond motifs is 3. The van der Waals surface area contributed by atoms with Crippen LogP contribution in [0.4, 0.5) is 19.1 Å². The molecule has 9 nitrogen and oxygen atoms in total. The fraction of sp³-hybridized carbons (Fsp3) is 0.240. The predicted molar refractivity (Wildman–Crippen MR) is 134 cm³/mol. The number of anilines is 1. The lowest BCUT2D eigenvalue weighted by atomic mass is 10.1. The van der Waals surface area contributed by atoms with Crippen molar-refractivity contribution in [2.75, 3.05) is 12.4 Å². The summed E-state index contributed by atoms with van der Waals surface area (Å²) in [6.45, 7) is 4.07. The van der Waals surface area contributed by atoms with Gasteiger partial charge < -0.3 is 15.6 Å². The van der Waals surface area contributed by atoms with Crippen LogP contribution < -0.4 is 11.1 Å². The van der Waals surface area contributed by atoms with Gasteiger partial charge in [-0.2, -0.15) is 8.78 Å². The molecule has 3 N–H and O–H groups in total. The Kier molecular flexibility index (Phi) is 6.02. The number of aryl methyl sites for hydroxylation is 1. The highest BCUT2D eigenvalue weighted by atomic mass is 19.3. The summed E-state index contributed by atoms with van der Waals surface area (Å²) in [6, 6.07) is 6.23. The van der Waals surface area contributed by atoms with Gasteiger partial charge in [0.2, 0.25) is 11.8 Å². The number of benzene rings is 1. The molecule has 37 heavy (non-hydrogen) atoms. The first-order valence-corrected chi connectivity index (χ1v) is 11.5. The van der Waals surface area contributed by atoms with E-state index in [0.717, 1.165) is 23.3 Å². The molecular weight excluding hydrogens is 483 g/mol. The number of aromatic nitrogens is 6. The standard InChI is InChI=1S/C25H24F3N9/c1-14-11-31-24(32-20(30-3)8-9-29)33-21(14)16-10-19-22-34-35-23(37(22)15(2)12-36(19)13-16)25(27,28)17-6-4-5-7-18(17)26/h4-11,13,15H,12,29H2,1-3H3,(H,30,31,32,33)/t15-/m0/s1. The molecule has 5 rings (SSSR count). The highest BCUT2D eigenvalue weighted by Gasteiger charge is 2.44. The molecule has 0 radical (unpaired) electrons. The van der Waals surface area contributed by atoms with Gasteiger partial charge in [-0.05, 0) is 49.9 Å². The Morgan fingerprint density at radius 1 is 1.27 bits per heavy atom. The van der Waals surface area contributed by atoms with Gasteiger partial charge in [0.25, 0.3) is 0 Å². The first-order valence-electron chi connectivity index (χ1n) is 11.5. The van der Waals surface area contributed by atoms with Gasteiger partial charge in [0, 0.05) is 31.5 Å². The minimum absolute atomic E-state index is 0.273. The molecule has 0 unspecified atom stereocenters. The van der Waals surface area contributed by atoms with Crippen molar-refractivity contribution in [3.05, 3.63) is 77.8 Å². The van der Waals surface area contributed by atoms with Crippen LogP contribution in [0, 0.1) is 12.7 Å². The second-order valence-electron chi connectivity index (χ2n) is 8.71. The lowest BCUT2D eigenvalue weighted by molar-refractivity contribution is 0.0231. The van der Waals surface area contributed by atoms with Gasteiger partial charge in [-0.1, -0.05) is 12.1 Å². The predicted octanol–water partition coefficient (Wildman–Crippen LogP) is 4.28. The number of aliphatic imine (C=N–C) groups is 1. The molecule has 0 spiro atoms. The molecule has 1 atom stereocenters. The van der Waals surface area contributed by atoms with Crippen molar-refractivity contribution in [1.29, 1.82) is 0 Å². The fourth-order valence-electron chi connectivity index (χ4n) is 4.45. The number of amidine groups is 1. The molecular formula is C25H24F3N9. The van der Waals surface area contributed by atoms with Crippen LogP contribution in [-0.2, 0) is 12.5 Å². The Balaban J connectivity index is 1.56. The second-order valence-corrected chi connectivity index (χ2v) is 8.71. The summed E-state index contributed by atoms with van der Waals surface area (Å²) >= 11 is 0. The largest absolute Gasteiger partial charge is 0.404 e. The summed E-state index contributed by atoms with van der Waals surface area (Å²) in [5, 5.41) is 10.9. The smallest absolute Gasteiger partial charge is 0.334 e. The highest BCUT2D eigenvalue weighted by molar-refractivity contribution is 6.02. The van der Waals surface area contributed by atoms with Crippen LogP contribution in [0.2, 0.25) is 0 Å². The zero-order valence-electron chi connectivity index (χ0n) is 20.3. The zero-order chi connectivity index (χ0) is 26.3. The van der Waals surface area contributed by atoms with Gasteiger partial charge in [0.15, 0.2) is 5.82 Å². The number of halogens is 3. The average Bonchev–Trinajstić information content (AvgIpc) is 3.50. The molecule has 0 aliphatic carbocycles. The van der Waals surface area contributed by atoms with Crippen LogP contribution in [-0.4, -0.2) is 42.2 Å². The van der Waals surface area contributed by atoms with Crippen LogP contribution in [0.3, 0.4) is 0 Å². The second kappa shape index (κ2) is 9.19. The number of hydrogen-bond donors (Lipinski definition) is 2. The Bertz CT molecular complexity index is 1530. The molecule has 12 heteroatoms. The summed E-state index contributed by atoms with van der Waals surface area (Å²) in [5.41, 5.74) is 7.55. The number of rotatable bonds is 5. The number of alkyl halides is 2. The van der Waals surface area contributed by atoms with E-state index in [4.69, 9.17) is 5.73 Å². The molecule has 3 aromatic heterocycles. The van der Waals surface area contributed by atoms with E-state index in [-0.39, 0.29) is 5.82 Å². The molecule has 0 bridgehead atoms. The fourth-order valence-corrected chi connectivity index (χ4v) is 4.45. The number of nitrogens with two attached hydrogens (primary N) is 1. The topological polar surface area (TPSA) is 112 Å². The lowest BCUT2D eigenvalue weighted by Crippen LogP contribution is -2.28. The average molecular weight is 508 g/mol. The van der Waals surface area contributed by atoms with E-state index in [1.54, 1.807) is 26.2 Å². The van der Waals surface area contributed by atoms with E-state index >= 15 is 8.78 Å². The molecule has 0 fully saturated rings. The van der Waals surface area contributed by atoms with Crippen molar-refractivity contribution < 1.29 is 13.2 Å². The van der Waals surface area contributed by atoms with E-state index in [9.17, 15) is 4.39 Å². The van der Waals surface area contributed by atoms with E-state index in [1.165, 1.54) is 22.9 Å². The molecule has 1 aromatic carbocycles.